The Kier molecular flexibility index (Phi) is 8.03. The van der Waals surface area contributed by atoms with Gasteiger partial charge < -0.3 is 5.32 Å². The minimum atomic E-state index is 0.787. The maximum Gasteiger partial charge on any atom is 0.0217 e. The Bertz CT molecular complexity index is 354. The topological polar surface area (TPSA) is 12.0 Å². The van der Waals surface area contributed by atoms with Crippen molar-refractivity contribution in [1.29, 1.82) is 0 Å². The van der Waals surface area contributed by atoms with E-state index in [0.29, 0.717) is 0 Å². The second-order valence-corrected chi connectivity index (χ2v) is 6.73. The Balaban J connectivity index is 2.63. The van der Waals surface area contributed by atoms with E-state index in [9.17, 15) is 0 Å². The monoisotopic (exact) mass is 329 g/mol. The predicted octanol–water partition coefficient (Wildman–Crippen LogP) is 5.09. The molecule has 0 fully saturated rings. The van der Waals surface area contributed by atoms with Crippen LogP contribution < -0.4 is 5.32 Å². The molecule has 0 radical (unpaired) electrons. The molecule has 0 aliphatic heterocycles. The van der Waals surface area contributed by atoms with Crippen molar-refractivity contribution in [1.82, 2.24) is 5.32 Å². The van der Waals surface area contributed by atoms with E-state index in [4.69, 9.17) is 0 Å². The Morgan fingerprint density at radius 3 is 2.78 bits per heavy atom. The molecule has 0 aliphatic carbocycles. The zero-order valence-corrected chi connectivity index (χ0v) is 14.0. The van der Waals surface area contributed by atoms with Gasteiger partial charge >= 0.3 is 0 Å². The van der Waals surface area contributed by atoms with Gasteiger partial charge in [-0.05, 0) is 42.6 Å². The normalized spacial score (nSPS) is 12.7. The van der Waals surface area contributed by atoms with Gasteiger partial charge in [-0.3, -0.25) is 0 Å². The zero-order chi connectivity index (χ0) is 13.4. The lowest BCUT2D eigenvalue weighted by molar-refractivity contribution is 0.636. The highest BCUT2D eigenvalue weighted by Gasteiger charge is 2.06. The lowest BCUT2D eigenvalue weighted by Crippen LogP contribution is -2.14. The fourth-order valence-electron chi connectivity index (χ4n) is 1.58. The van der Waals surface area contributed by atoms with Gasteiger partial charge in [0.25, 0.3) is 0 Å². The number of nitrogens with one attached hydrogen (secondary N) is 1. The molecule has 3 heteroatoms. The van der Waals surface area contributed by atoms with Crippen LogP contribution in [0.3, 0.4) is 0 Å². The van der Waals surface area contributed by atoms with Crippen molar-refractivity contribution in [3.63, 3.8) is 0 Å². The molecule has 0 aromatic heterocycles. The van der Waals surface area contributed by atoms with Gasteiger partial charge in [0.1, 0.15) is 0 Å². The van der Waals surface area contributed by atoms with Gasteiger partial charge in [0.15, 0.2) is 0 Å². The summed E-state index contributed by atoms with van der Waals surface area (Å²) < 4.78 is 1.17. The molecule has 1 aromatic carbocycles. The molecule has 0 heterocycles. The summed E-state index contributed by atoms with van der Waals surface area (Å²) in [5.74, 6) is 1.99. The van der Waals surface area contributed by atoms with E-state index < -0.39 is 0 Å². The second kappa shape index (κ2) is 9.00. The summed E-state index contributed by atoms with van der Waals surface area (Å²) in [6.45, 7) is 8.84. The van der Waals surface area contributed by atoms with Crippen LogP contribution in [0.15, 0.2) is 27.6 Å². The minimum absolute atomic E-state index is 0.787. The van der Waals surface area contributed by atoms with Gasteiger partial charge in [0.05, 0.1) is 0 Å². The number of hydrogen-bond donors (Lipinski definition) is 1. The summed E-state index contributed by atoms with van der Waals surface area (Å²) in [6.07, 6.45) is 2.44. The maximum absolute atomic E-state index is 3.56. The maximum atomic E-state index is 3.56. The smallest absolute Gasteiger partial charge is 0.0217 e. The van der Waals surface area contributed by atoms with Gasteiger partial charge in [-0.25, -0.2) is 0 Å². The van der Waals surface area contributed by atoms with Crippen LogP contribution in [0.25, 0.3) is 0 Å². The van der Waals surface area contributed by atoms with Gasteiger partial charge in [0.2, 0.25) is 0 Å². The molecule has 18 heavy (non-hydrogen) atoms. The Hall–Kier alpha value is 0.01000. The average Bonchev–Trinajstić information content (AvgIpc) is 2.37. The molecule has 1 N–H and O–H groups in total. The average molecular weight is 330 g/mol. The van der Waals surface area contributed by atoms with Crippen LogP contribution in [-0.2, 0) is 6.54 Å². The Morgan fingerprint density at radius 2 is 2.11 bits per heavy atom. The van der Waals surface area contributed by atoms with Gasteiger partial charge in [-0.15, -0.1) is 11.8 Å². The van der Waals surface area contributed by atoms with Crippen molar-refractivity contribution in [3.05, 3.63) is 28.2 Å². The van der Waals surface area contributed by atoms with Gasteiger partial charge in [-0.2, -0.15) is 0 Å². The van der Waals surface area contributed by atoms with E-state index in [0.717, 1.165) is 19.0 Å². The SMILES string of the molecule is CCCNCc1cc(Br)ccc1SCC(C)CC. The van der Waals surface area contributed by atoms with Crippen LogP contribution in [-0.4, -0.2) is 12.3 Å². The summed E-state index contributed by atoms with van der Waals surface area (Å²) in [6, 6.07) is 6.62. The van der Waals surface area contributed by atoms with E-state index in [1.807, 2.05) is 11.8 Å². The second-order valence-electron chi connectivity index (χ2n) is 4.75. The summed E-state index contributed by atoms with van der Waals surface area (Å²) >= 11 is 5.55. The summed E-state index contributed by atoms with van der Waals surface area (Å²) in [4.78, 5) is 1.42. The molecule has 0 aliphatic rings. The molecule has 0 saturated heterocycles. The van der Waals surface area contributed by atoms with Crippen molar-refractivity contribution in [2.45, 2.75) is 45.1 Å². The van der Waals surface area contributed by atoms with Crippen LogP contribution in [0, 0.1) is 5.92 Å². The van der Waals surface area contributed by atoms with Crippen LogP contribution in [0.4, 0.5) is 0 Å². The molecule has 1 unspecified atom stereocenters. The van der Waals surface area contributed by atoms with E-state index in [1.165, 1.54) is 33.5 Å². The largest absolute Gasteiger partial charge is 0.313 e. The third kappa shape index (κ3) is 5.77. The number of halogens is 1. The molecule has 0 bridgehead atoms. The third-order valence-corrected chi connectivity index (χ3v) is 4.92. The predicted molar refractivity (Wildman–Crippen MR) is 86.3 cm³/mol. The van der Waals surface area contributed by atoms with Crippen molar-refractivity contribution in [2.75, 3.05) is 12.3 Å². The number of benzene rings is 1. The molecule has 1 aromatic rings. The fourth-order valence-corrected chi connectivity index (χ4v) is 3.17. The van der Waals surface area contributed by atoms with Crippen molar-refractivity contribution < 1.29 is 0 Å². The lowest BCUT2D eigenvalue weighted by atomic mass is 10.2. The third-order valence-electron chi connectivity index (χ3n) is 2.99. The molecule has 1 atom stereocenters. The van der Waals surface area contributed by atoms with E-state index in [-0.39, 0.29) is 0 Å². The number of rotatable bonds is 8. The van der Waals surface area contributed by atoms with Gasteiger partial charge in [0, 0.05) is 21.7 Å². The highest BCUT2D eigenvalue weighted by molar-refractivity contribution is 9.10. The Labute approximate surface area is 124 Å². The fraction of sp³-hybridized carbons (Fsp3) is 0.600. The Morgan fingerprint density at radius 1 is 1.33 bits per heavy atom. The highest BCUT2D eigenvalue weighted by atomic mass is 79.9. The first-order valence-electron chi connectivity index (χ1n) is 6.79. The first kappa shape index (κ1) is 16.1. The van der Waals surface area contributed by atoms with Gasteiger partial charge in [-0.1, -0.05) is 43.1 Å². The van der Waals surface area contributed by atoms with E-state index >= 15 is 0 Å². The molecular weight excluding hydrogens is 306 g/mol. The van der Waals surface area contributed by atoms with Crippen LogP contribution in [0.2, 0.25) is 0 Å². The quantitative estimate of drug-likeness (QED) is 0.526. The molecule has 0 spiro atoms. The molecular formula is C15H24BrNS. The van der Waals surface area contributed by atoms with Crippen LogP contribution >= 0.6 is 27.7 Å². The first-order chi connectivity index (χ1) is 8.67. The van der Waals surface area contributed by atoms with Crippen LogP contribution in [0.1, 0.15) is 39.2 Å². The van der Waals surface area contributed by atoms with E-state index in [1.54, 1.807) is 0 Å². The lowest BCUT2D eigenvalue weighted by Gasteiger charge is -2.13. The standard InChI is InChI=1S/C15H24BrNS/c1-4-8-17-10-13-9-14(16)6-7-15(13)18-11-12(3)5-2/h6-7,9,12,17H,4-5,8,10-11H2,1-3H3. The molecule has 0 saturated carbocycles. The highest BCUT2D eigenvalue weighted by Crippen LogP contribution is 2.28. The van der Waals surface area contributed by atoms with Crippen LogP contribution in [0.5, 0.6) is 0 Å². The zero-order valence-electron chi connectivity index (χ0n) is 11.6. The summed E-state index contributed by atoms with van der Waals surface area (Å²) in [7, 11) is 0. The first-order valence-corrected chi connectivity index (χ1v) is 8.57. The van der Waals surface area contributed by atoms with Crippen molar-refractivity contribution >= 4 is 27.7 Å². The molecule has 1 rings (SSSR count). The van der Waals surface area contributed by atoms with E-state index in [2.05, 4.69) is 60.2 Å². The van der Waals surface area contributed by atoms with Crippen molar-refractivity contribution in [3.8, 4) is 0 Å². The summed E-state index contributed by atoms with van der Waals surface area (Å²) in [5, 5.41) is 3.49. The minimum Gasteiger partial charge on any atom is -0.313 e. The van der Waals surface area contributed by atoms with Crippen molar-refractivity contribution in [2.24, 2.45) is 5.92 Å². The molecule has 102 valence electrons. The molecule has 0 amide bonds. The number of hydrogen-bond acceptors (Lipinski definition) is 2. The summed E-state index contributed by atoms with van der Waals surface area (Å²) in [5.41, 5.74) is 1.41. The number of thioether (sulfide) groups is 1. The molecule has 1 nitrogen and oxygen atoms in total.